The quantitative estimate of drug-likeness (QED) is 0.814. The highest BCUT2D eigenvalue weighted by Crippen LogP contribution is 2.35. The molecule has 0 spiro atoms. The lowest BCUT2D eigenvalue weighted by Crippen LogP contribution is -2.30. The van der Waals surface area contributed by atoms with Crippen molar-refractivity contribution < 1.29 is 4.74 Å². The van der Waals surface area contributed by atoms with Crippen LogP contribution in [0.1, 0.15) is 45.7 Å². The van der Waals surface area contributed by atoms with E-state index in [-0.39, 0.29) is 6.04 Å². The van der Waals surface area contributed by atoms with Crippen molar-refractivity contribution >= 4 is 5.69 Å². The number of hydrogen-bond donors (Lipinski definition) is 1. The third-order valence-corrected chi connectivity index (χ3v) is 3.84. The molecular formula is C16H28N2O. The lowest BCUT2D eigenvalue weighted by molar-refractivity contribution is 0.402. The number of anilines is 1. The molecule has 19 heavy (non-hydrogen) atoms. The van der Waals surface area contributed by atoms with Gasteiger partial charge in [0.2, 0.25) is 0 Å². The van der Waals surface area contributed by atoms with Crippen LogP contribution in [0.2, 0.25) is 0 Å². The van der Waals surface area contributed by atoms with E-state index in [1.54, 1.807) is 7.11 Å². The number of nitrogens with one attached hydrogen (secondary N) is 1. The van der Waals surface area contributed by atoms with Crippen molar-refractivity contribution in [3.8, 4) is 5.75 Å². The molecule has 0 aromatic heterocycles. The number of hydrogen-bond acceptors (Lipinski definition) is 3. The number of ether oxygens (including phenoxy) is 1. The third kappa shape index (κ3) is 3.63. The minimum Gasteiger partial charge on any atom is -0.496 e. The maximum absolute atomic E-state index is 5.55. The van der Waals surface area contributed by atoms with Crippen molar-refractivity contribution in [3.63, 3.8) is 0 Å². The normalized spacial score (nSPS) is 14.0. The Morgan fingerprint density at radius 2 is 1.95 bits per heavy atom. The molecule has 0 aliphatic carbocycles. The zero-order valence-electron chi connectivity index (χ0n) is 13.2. The van der Waals surface area contributed by atoms with Crippen LogP contribution in [0.25, 0.3) is 0 Å². The number of methoxy groups -OCH3 is 1. The summed E-state index contributed by atoms with van der Waals surface area (Å²) in [5.74, 6) is 0.959. The van der Waals surface area contributed by atoms with Gasteiger partial charge in [0.15, 0.2) is 0 Å². The van der Waals surface area contributed by atoms with Crippen molar-refractivity contribution in [2.75, 3.05) is 25.6 Å². The van der Waals surface area contributed by atoms with Gasteiger partial charge >= 0.3 is 0 Å². The lowest BCUT2D eigenvalue weighted by atomic mass is 10.0. The van der Waals surface area contributed by atoms with E-state index >= 15 is 0 Å². The van der Waals surface area contributed by atoms with Gasteiger partial charge in [0.25, 0.3) is 0 Å². The predicted octanol–water partition coefficient (Wildman–Crippen LogP) is 3.60. The van der Waals surface area contributed by atoms with Crippen LogP contribution in [0.4, 0.5) is 5.69 Å². The van der Waals surface area contributed by atoms with Gasteiger partial charge in [-0.25, -0.2) is 0 Å². The Hall–Kier alpha value is -1.22. The van der Waals surface area contributed by atoms with Gasteiger partial charge in [-0.1, -0.05) is 19.9 Å². The first-order valence-corrected chi connectivity index (χ1v) is 7.19. The van der Waals surface area contributed by atoms with Gasteiger partial charge in [-0.15, -0.1) is 0 Å². The summed E-state index contributed by atoms with van der Waals surface area (Å²) in [6.45, 7) is 9.74. The maximum atomic E-state index is 5.55. The Kier molecular flexibility index (Phi) is 6.16. The van der Waals surface area contributed by atoms with Gasteiger partial charge in [0.05, 0.1) is 7.11 Å². The summed E-state index contributed by atoms with van der Waals surface area (Å²) >= 11 is 0. The average Bonchev–Trinajstić information content (AvgIpc) is 2.44. The van der Waals surface area contributed by atoms with Gasteiger partial charge in [-0.05, 0) is 38.9 Å². The molecule has 1 N–H and O–H groups in total. The molecule has 3 nitrogen and oxygen atoms in total. The second-order valence-corrected chi connectivity index (χ2v) is 5.04. The molecule has 3 heteroatoms. The van der Waals surface area contributed by atoms with E-state index in [0.717, 1.165) is 18.7 Å². The van der Waals surface area contributed by atoms with Crippen LogP contribution >= 0.6 is 0 Å². The minimum atomic E-state index is 0.280. The highest BCUT2D eigenvalue weighted by Gasteiger charge is 2.19. The van der Waals surface area contributed by atoms with Gasteiger partial charge in [-0.2, -0.15) is 0 Å². The average molecular weight is 264 g/mol. The first kappa shape index (κ1) is 15.8. The van der Waals surface area contributed by atoms with Crippen molar-refractivity contribution in [1.29, 1.82) is 0 Å². The molecule has 1 rings (SSSR count). The van der Waals surface area contributed by atoms with E-state index in [0.29, 0.717) is 6.04 Å². The van der Waals surface area contributed by atoms with E-state index in [4.69, 9.17) is 4.74 Å². The molecule has 0 bridgehead atoms. The summed E-state index contributed by atoms with van der Waals surface area (Å²) in [7, 11) is 3.90. The molecule has 0 saturated heterocycles. The summed E-state index contributed by atoms with van der Waals surface area (Å²) in [5, 5.41) is 3.48. The lowest BCUT2D eigenvalue weighted by Gasteiger charge is -2.31. The fourth-order valence-electron chi connectivity index (χ4n) is 2.37. The van der Waals surface area contributed by atoms with Gasteiger partial charge in [-0.3, -0.25) is 0 Å². The van der Waals surface area contributed by atoms with Crippen LogP contribution in [0.5, 0.6) is 5.75 Å². The molecule has 2 unspecified atom stereocenters. The van der Waals surface area contributed by atoms with Crippen LogP contribution in [0.15, 0.2) is 18.2 Å². The Bertz CT molecular complexity index is 392. The number of benzene rings is 1. The Morgan fingerprint density at radius 1 is 1.26 bits per heavy atom. The first-order chi connectivity index (χ1) is 9.06. The SMILES string of the molecule is CCNC(C)c1c(OC)cccc1N(C)C(C)CC. The fraction of sp³-hybridized carbons (Fsp3) is 0.625. The van der Waals surface area contributed by atoms with Crippen molar-refractivity contribution in [1.82, 2.24) is 5.32 Å². The molecule has 0 aliphatic heterocycles. The summed E-state index contributed by atoms with van der Waals surface area (Å²) < 4.78 is 5.55. The smallest absolute Gasteiger partial charge is 0.125 e. The van der Waals surface area contributed by atoms with Crippen LogP contribution in [0, 0.1) is 0 Å². The zero-order valence-corrected chi connectivity index (χ0v) is 13.2. The standard InChI is InChI=1S/C16H28N2O/c1-7-12(3)18(5)14-10-9-11-15(19-6)16(14)13(4)17-8-2/h9-13,17H,7-8H2,1-6H3. The van der Waals surface area contributed by atoms with E-state index in [1.807, 2.05) is 6.07 Å². The molecule has 0 heterocycles. The van der Waals surface area contributed by atoms with E-state index in [9.17, 15) is 0 Å². The van der Waals surface area contributed by atoms with E-state index in [1.165, 1.54) is 11.3 Å². The Balaban J connectivity index is 3.22. The van der Waals surface area contributed by atoms with Gasteiger partial charge in [0.1, 0.15) is 5.75 Å². The Labute approximate surface area is 118 Å². The second kappa shape index (κ2) is 7.39. The minimum absolute atomic E-state index is 0.280. The number of rotatable bonds is 7. The molecular weight excluding hydrogens is 236 g/mol. The van der Waals surface area contributed by atoms with Gasteiger partial charge < -0.3 is 15.0 Å². The summed E-state index contributed by atoms with van der Waals surface area (Å²) in [6.07, 6.45) is 1.13. The monoisotopic (exact) mass is 264 g/mol. The molecule has 0 radical (unpaired) electrons. The van der Waals surface area contributed by atoms with Crippen LogP contribution in [0.3, 0.4) is 0 Å². The molecule has 0 amide bonds. The molecule has 0 saturated carbocycles. The topological polar surface area (TPSA) is 24.5 Å². The highest BCUT2D eigenvalue weighted by atomic mass is 16.5. The second-order valence-electron chi connectivity index (χ2n) is 5.04. The number of nitrogens with zero attached hydrogens (tertiary/aromatic N) is 1. The molecule has 2 atom stereocenters. The molecule has 0 aliphatic rings. The summed E-state index contributed by atoms with van der Waals surface area (Å²) in [4.78, 5) is 2.34. The first-order valence-electron chi connectivity index (χ1n) is 7.19. The third-order valence-electron chi connectivity index (χ3n) is 3.84. The molecule has 1 aromatic rings. The van der Waals surface area contributed by atoms with E-state index in [2.05, 4.69) is 57.1 Å². The fourth-order valence-corrected chi connectivity index (χ4v) is 2.37. The molecule has 108 valence electrons. The van der Waals surface area contributed by atoms with Crippen LogP contribution in [-0.4, -0.2) is 26.7 Å². The van der Waals surface area contributed by atoms with Crippen LogP contribution in [-0.2, 0) is 0 Å². The maximum Gasteiger partial charge on any atom is 0.125 e. The van der Waals surface area contributed by atoms with Crippen LogP contribution < -0.4 is 15.0 Å². The summed E-state index contributed by atoms with van der Waals surface area (Å²) in [6, 6.07) is 7.08. The Morgan fingerprint density at radius 3 is 2.47 bits per heavy atom. The van der Waals surface area contributed by atoms with Crippen molar-refractivity contribution in [2.45, 2.75) is 46.2 Å². The van der Waals surface area contributed by atoms with Crippen molar-refractivity contribution in [3.05, 3.63) is 23.8 Å². The predicted molar refractivity (Wildman–Crippen MR) is 83.2 cm³/mol. The molecule has 0 fully saturated rings. The molecule has 1 aromatic carbocycles. The zero-order chi connectivity index (χ0) is 14.4. The largest absolute Gasteiger partial charge is 0.496 e. The van der Waals surface area contributed by atoms with E-state index < -0.39 is 0 Å². The van der Waals surface area contributed by atoms with Gasteiger partial charge in [0, 0.05) is 30.4 Å². The van der Waals surface area contributed by atoms with Crippen molar-refractivity contribution in [2.24, 2.45) is 0 Å². The highest BCUT2D eigenvalue weighted by molar-refractivity contribution is 5.61. The summed E-state index contributed by atoms with van der Waals surface area (Å²) in [5.41, 5.74) is 2.50.